The number of nitriles is 1. The van der Waals surface area contributed by atoms with E-state index < -0.39 is 0 Å². The molecule has 0 aliphatic rings. The molecule has 0 spiro atoms. The van der Waals surface area contributed by atoms with E-state index in [1.807, 2.05) is 18.2 Å². The van der Waals surface area contributed by atoms with Gasteiger partial charge < -0.3 is 0 Å². The van der Waals surface area contributed by atoms with E-state index >= 15 is 0 Å². The van der Waals surface area contributed by atoms with E-state index in [0.29, 0.717) is 5.25 Å². The van der Waals surface area contributed by atoms with Crippen LogP contribution in [0.5, 0.6) is 0 Å². The predicted molar refractivity (Wildman–Crippen MR) is 62.1 cm³/mol. The molecule has 2 unspecified atom stereocenters. The summed E-state index contributed by atoms with van der Waals surface area (Å²) in [6.45, 7) is 2.07. The number of thioether (sulfide) groups is 1. The van der Waals surface area contributed by atoms with Crippen LogP contribution in [0.2, 0.25) is 0 Å². The molecule has 0 radical (unpaired) electrons. The summed E-state index contributed by atoms with van der Waals surface area (Å²) < 4.78 is 0. The summed E-state index contributed by atoms with van der Waals surface area (Å²) in [5, 5.41) is 9.34. The van der Waals surface area contributed by atoms with Crippen LogP contribution in [-0.4, -0.2) is 6.26 Å². The molecule has 0 amide bonds. The van der Waals surface area contributed by atoms with Crippen molar-refractivity contribution in [3.8, 4) is 6.07 Å². The zero-order chi connectivity index (χ0) is 10.4. The first-order chi connectivity index (χ1) is 6.83. The first kappa shape index (κ1) is 11.1. The van der Waals surface area contributed by atoms with Gasteiger partial charge in [-0.05, 0) is 18.2 Å². The van der Waals surface area contributed by atoms with Gasteiger partial charge in [0.1, 0.15) is 0 Å². The number of hydrogen-bond donors (Lipinski definition) is 0. The first-order valence-corrected chi connectivity index (χ1v) is 6.09. The highest BCUT2D eigenvalue weighted by Crippen LogP contribution is 2.35. The predicted octanol–water partition coefficient (Wildman–Crippen LogP) is 3.64. The Morgan fingerprint density at radius 3 is 2.43 bits per heavy atom. The van der Waals surface area contributed by atoms with Crippen molar-refractivity contribution < 1.29 is 0 Å². The summed E-state index contributed by atoms with van der Waals surface area (Å²) in [4.78, 5) is 0. The molecule has 0 saturated heterocycles. The lowest BCUT2D eigenvalue weighted by Gasteiger charge is -2.18. The van der Waals surface area contributed by atoms with Crippen molar-refractivity contribution >= 4 is 11.8 Å². The second-order valence-electron chi connectivity index (χ2n) is 3.21. The van der Waals surface area contributed by atoms with Crippen LogP contribution < -0.4 is 0 Å². The molecule has 74 valence electrons. The second-order valence-corrected chi connectivity index (χ2v) is 4.19. The highest BCUT2D eigenvalue weighted by Gasteiger charge is 2.19. The average molecular weight is 205 g/mol. The molecule has 14 heavy (non-hydrogen) atoms. The van der Waals surface area contributed by atoms with E-state index in [-0.39, 0.29) is 5.92 Å². The van der Waals surface area contributed by atoms with Gasteiger partial charge in [0.2, 0.25) is 0 Å². The van der Waals surface area contributed by atoms with Crippen molar-refractivity contribution in [3.63, 3.8) is 0 Å². The van der Waals surface area contributed by atoms with Crippen molar-refractivity contribution in [1.82, 2.24) is 0 Å². The highest BCUT2D eigenvalue weighted by atomic mass is 32.2. The Balaban J connectivity index is 2.88. The molecule has 1 aromatic carbocycles. The summed E-state index contributed by atoms with van der Waals surface area (Å²) in [6.07, 6.45) is 2.98. The largest absolute Gasteiger partial charge is 0.198 e. The molecule has 0 heterocycles. The second kappa shape index (κ2) is 5.72. The molecule has 0 aliphatic carbocycles. The lowest BCUT2D eigenvalue weighted by Crippen LogP contribution is -2.06. The Morgan fingerprint density at radius 1 is 1.36 bits per heavy atom. The van der Waals surface area contributed by atoms with Crippen LogP contribution >= 0.6 is 11.8 Å². The van der Waals surface area contributed by atoms with Crippen LogP contribution in [0.4, 0.5) is 0 Å². The molecular formula is C12H15NS. The third-order valence-electron chi connectivity index (χ3n) is 2.35. The zero-order valence-electron chi connectivity index (χ0n) is 8.60. The quantitative estimate of drug-likeness (QED) is 0.749. The van der Waals surface area contributed by atoms with Gasteiger partial charge in [0.15, 0.2) is 0 Å². The number of nitrogens with zero attached hydrogens (tertiary/aromatic N) is 1. The molecule has 0 saturated carbocycles. The fourth-order valence-electron chi connectivity index (χ4n) is 1.55. The maximum absolute atomic E-state index is 9.03. The standard InChI is InChI=1S/C12H15NS/c1-3-10(9-13)12(14-2)11-7-5-4-6-8-11/h4-8,10,12H,3H2,1-2H3. The first-order valence-electron chi connectivity index (χ1n) is 4.80. The number of benzene rings is 1. The van der Waals surface area contributed by atoms with Gasteiger partial charge in [-0.15, -0.1) is 0 Å². The van der Waals surface area contributed by atoms with Gasteiger partial charge in [-0.25, -0.2) is 0 Å². The average Bonchev–Trinajstić information content (AvgIpc) is 2.27. The molecule has 0 aromatic heterocycles. The molecular weight excluding hydrogens is 190 g/mol. The van der Waals surface area contributed by atoms with E-state index in [4.69, 9.17) is 5.26 Å². The van der Waals surface area contributed by atoms with Gasteiger partial charge >= 0.3 is 0 Å². The maximum atomic E-state index is 9.03. The van der Waals surface area contributed by atoms with Crippen LogP contribution in [0.3, 0.4) is 0 Å². The third kappa shape index (κ3) is 2.52. The van der Waals surface area contributed by atoms with E-state index in [2.05, 4.69) is 31.4 Å². The van der Waals surface area contributed by atoms with Crippen LogP contribution in [-0.2, 0) is 0 Å². The highest BCUT2D eigenvalue weighted by molar-refractivity contribution is 7.98. The van der Waals surface area contributed by atoms with Gasteiger partial charge in [-0.2, -0.15) is 17.0 Å². The van der Waals surface area contributed by atoms with E-state index in [1.165, 1.54) is 5.56 Å². The van der Waals surface area contributed by atoms with Gasteiger partial charge in [-0.3, -0.25) is 0 Å². The van der Waals surface area contributed by atoms with Crippen LogP contribution in [0.1, 0.15) is 24.2 Å². The summed E-state index contributed by atoms with van der Waals surface area (Å²) >= 11 is 1.76. The smallest absolute Gasteiger partial charge is 0.0670 e. The Bertz CT molecular complexity index is 302. The zero-order valence-corrected chi connectivity index (χ0v) is 9.42. The van der Waals surface area contributed by atoms with Crippen molar-refractivity contribution in [2.45, 2.75) is 18.6 Å². The minimum Gasteiger partial charge on any atom is -0.198 e. The molecule has 0 aliphatic heterocycles. The summed E-state index contributed by atoms with van der Waals surface area (Å²) in [5.74, 6) is 0.118. The van der Waals surface area contributed by atoms with Gasteiger partial charge in [0.05, 0.1) is 12.0 Å². The Kier molecular flexibility index (Phi) is 4.55. The van der Waals surface area contributed by atoms with Crippen molar-refractivity contribution in [2.24, 2.45) is 5.92 Å². The van der Waals surface area contributed by atoms with E-state index in [0.717, 1.165) is 6.42 Å². The van der Waals surface area contributed by atoms with Crippen molar-refractivity contribution in [3.05, 3.63) is 35.9 Å². The molecule has 2 heteroatoms. The fourth-order valence-corrected chi connectivity index (χ4v) is 2.56. The lowest BCUT2D eigenvalue weighted by atomic mass is 9.98. The SMILES string of the molecule is CCC(C#N)C(SC)c1ccccc1. The van der Waals surface area contributed by atoms with Gasteiger partial charge in [0, 0.05) is 5.25 Å². The maximum Gasteiger partial charge on any atom is 0.0670 e. The molecule has 1 rings (SSSR count). The van der Waals surface area contributed by atoms with Crippen LogP contribution in [0.25, 0.3) is 0 Å². The third-order valence-corrected chi connectivity index (χ3v) is 3.46. The Hall–Kier alpha value is -0.940. The molecule has 0 bridgehead atoms. The Labute approximate surface area is 90.1 Å². The lowest BCUT2D eigenvalue weighted by molar-refractivity contribution is 0.626. The fraction of sp³-hybridized carbons (Fsp3) is 0.417. The topological polar surface area (TPSA) is 23.8 Å². The molecule has 2 atom stereocenters. The molecule has 1 nitrogen and oxygen atoms in total. The number of rotatable bonds is 4. The van der Waals surface area contributed by atoms with E-state index in [1.54, 1.807) is 11.8 Å². The van der Waals surface area contributed by atoms with Crippen LogP contribution in [0.15, 0.2) is 30.3 Å². The monoisotopic (exact) mass is 205 g/mol. The van der Waals surface area contributed by atoms with Gasteiger partial charge in [0.25, 0.3) is 0 Å². The normalized spacial score (nSPS) is 14.4. The molecule has 0 fully saturated rings. The summed E-state index contributed by atoms with van der Waals surface area (Å²) in [7, 11) is 0. The minimum atomic E-state index is 0.118. The van der Waals surface area contributed by atoms with E-state index in [9.17, 15) is 0 Å². The van der Waals surface area contributed by atoms with Crippen molar-refractivity contribution in [1.29, 1.82) is 5.26 Å². The summed E-state index contributed by atoms with van der Waals surface area (Å²) in [5.41, 5.74) is 1.26. The van der Waals surface area contributed by atoms with Gasteiger partial charge in [-0.1, -0.05) is 37.3 Å². The molecule has 0 N–H and O–H groups in total. The van der Waals surface area contributed by atoms with Crippen molar-refractivity contribution in [2.75, 3.05) is 6.26 Å². The van der Waals surface area contributed by atoms with Crippen LogP contribution in [0, 0.1) is 17.2 Å². The Morgan fingerprint density at radius 2 is 2.00 bits per heavy atom. The molecule has 1 aromatic rings. The minimum absolute atomic E-state index is 0.118. The number of hydrogen-bond acceptors (Lipinski definition) is 2. The summed E-state index contributed by atoms with van der Waals surface area (Å²) in [6, 6.07) is 12.6.